The lowest BCUT2D eigenvalue weighted by atomic mass is 10.0. The molecular weight excluding hydrogens is 391 g/mol. The van der Waals surface area contributed by atoms with Crippen LogP contribution in [0.3, 0.4) is 0 Å². The first kappa shape index (κ1) is 21.4. The molecule has 0 radical (unpaired) electrons. The van der Waals surface area contributed by atoms with Gasteiger partial charge in [0.15, 0.2) is 12.6 Å². The van der Waals surface area contributed by atoms with Crippen molar-refractivity contribution >= 4 is 5.82 Å². The molecule has 29 heavy (non-hydrogen) atoms. The van der Waals surface area contributed by atoms with E-state index in [2.05, 4.69) is 15.3 Å². The van der Waals surface area contributed by atoms with Crippen molar-refractivity contribution in [3.63, 3.8) is 0 Å². The van der Waals surface area contributed by atoms with Gasteiger partial charge in [-0.25, -0.2) is 23.1 Å². The van der Waals surface area contributed by atoms with E-state index < -0.39 is 36.4 Å². The van der Waals surface area contributed by atoms with Crippen molar-refractivity contribution in [3.05, 3.63) is 52.2 Å². The van der Waals surface area contributed by atoms with Crippen LogP contribution in [0.4, 0.5) is 19.0 Å². The second kappa shape index (κ2) is 9.04. The summed E-state index contributed by atoms with van der Waals surface area (Å²) < 4.78 is 51.7. The van der Waals surface area contributed by atoms with Crippen molar-refractivity contribution in [2.24, 2.45) is 0 Å². The molecule has 0 bridgehead atoms. The fourth-order valence-electron chi connectivity index (χ4n) is 3.20. The molecule has 158 valence electrons. The first-order valence-electron chi connectivity index (χ1n) is 9.07. The van der Waals surface area contributed by atoms with E-state index in [9.17, 15) is 23.4 Å². The van der Waals surface area contributed by atoms with Gasteiger partial charge < -0.3 is 25.0 Å². The highest BCUT2D eigenvalue weighted by molar-refractivity contribution is 5.50. The van der Waals surface area contributed by atoms with Crippen molar-refractivity contribution < 1.29 is 32.9 Å². The molecule has 0 spiro atoms. The summed E-state index contributed by atoms with van der Waals surface area (Å²) in [4.78, 5) is 8.57. The second-order valence-electron chi connectivity index (χ2n) is 6.66. The number of aliphatic hydroxyl groups is 2. The Morgan fingerprint density at radius 1 is 1.17 bits per heavy atom. The summed E-state index contributed by atoms with van der Waals surface area (Å²) in [7, 11) is 0. The number of aryl methyl sites for hydroxylation is 1. The largest absolute Gasteiger partial charge is 0.368 e. The smallest absolute Gasteiger partial charge is 0.266 e. The lowest BCUT2D eigenvalue weighted by Crippen LogP contribution is -2.20. The molecule has 0 unspecified atom stereocenters. The minimum atomic E-state index is -2.93. The summed E-state index contributed by atoms with van der Waals surface area (Å²) in [5.41, 5.74) is 0.0261. The molecule has 2 heterocycles. The fourth-order valence-corrected chi connectivity index (χ4v) is 3.20. The molecule has 1 fully saturated rings. The van der Waals surface area contributed by atoms with Gasteiger partial charge in [-0.1, -0.05) is 18.2 Å². The maximum Gasteiger partial charge on any atom is 0.266 e. The Balaban J connectivity index is 2.00. The number of benzene rings is 1. The number of ether oxygens (including phenoxy) is 2. The third kappa shape index (κ3) is 4.84. The number of aliphatic hydroxyl groups excluding tert-OH is 1. The van der Waals surface area contributed by atoms with Crippen LogP contribution in [-0.4, -0.2) is 39.7 Å². The number of hydrogen-bond donors (Lipinski definition) is 3. The predicted molar refractivity (Wildman–Crippen MR) is 96.7 cm³/mol. The standard InChI is InChI=1S/C19H22F3N3O4/c1-9(11-4-3-5-12(16(11)20)17(21)22)23-18-15(19-28-6-7-29-19)13(8-14(26)27)24-10(2)25-18/h3-5,9,14,17,19,26-27H,6-8H2,1-2H3,(H,23,24,25)/t9-/m1/s1. The van der Waals surface area contributed by atoms with Crippen LogP contribution in [0.15, 0.2) is 18.2 Å². The van der Waals surface area contributed by atoms with Crippen LogP contribution in [-0.2, 0) is 15.9 Å². The molecule has 3 N–H and O–H groups in total. The zero-order valence-corrected chi connectivity index (χ0v) is 15.9. The quantitative estimate of drug-likeness (QED) is 0.601. The average molecular weight is 413 g/mol. The van der Waals surface area contributed by atoms with E-state index in [1.54, 1.807) is 13.8 Å². The Bertz CT molecular complexity index is 861. The molecule has 0 saturated carbocycles. The fraction of sp³-hybridized carbons (Fsp3) is 0.474. The van der Waals surface area contributed by atoms with Crippen molar-refractivity contribution in [2.75, 3.05) is 18.5 Å². The highest BCUT2D eigenvalue weighted by Gasteiger charge is 2.29. The van der Waals surface area contributed by atoms with Gasteiger partial charge in [-0.15, -0.1) is 0 Å². The Morgan fingerprint density at radius 3 is 2.45 bits per heavy atom. The van der Waals surface area contributed by atoms with Gasteiger partial charge in [0.2, 0.25) is 0 Å². The van der Waals surface area contributed by atoms with E-state index in [1.807, 2.05) is 0 Å². The van der Waals surface area contributed by atoms with Crippen molar-refractivity contribution in [3.8, 4) is 0 Å². The SMILES string of the molecule is Cc1nc(CC(O)O)c(C2OCCO2)c(N[C@H](C)c2cccc(C(F)F)c2F)n1. The third-order valence-electron chi connectivity index (χ3n) is 4.48. The zero-order valence-electron chi connectivity index (χ0n) is 15.9. The number of rotatable bonds is 7. The molecule has 1 aromatic heterocycles. The molecule has 1 saturated heterocycles. The van der Waals surface area contributed by atoms with Gasteiger partial charge in [0.25, 0.3) is 6.43 Å². The Morgan fingerprint density at radius 2 is 1.83 bits per heavy atom. The monoisotopic (exact) mass is 413 g/mol. The van der Waals surface area contributed by atoms with E-state index in [-0.39, 0.29) is 17.8 Å². The molecule has 1 aromatic carbocycles. The topological polar surface area (TPSA) is 96.7 Å². The number of anilines is 1. The van der Waals surface area contributed by atoms with Crippen LogP contribution in [0.1, 0.15) is 53.9 Å². The van der Waals surface area contributed by atoms with Gasteiger partial charge in [-0.2, -0.15) is 0 Å². The van der Waals surface area contributed by atoms with E-state index in [1.165, 1.54) is 12.1 Å². The van der Waals surface area contributed by atoms with E-state index in [0.717, 1.165) is 6.07 Å². The zero-order chi connectivity index (χ0) is 21.1. The third-order valence-corrected chi connectivity index (χ3v) is 4.48. The Labute approximate surface area is 165 Å². The van der Waals surface area contributed by atoms with Crippen LogP contribution >= 0.6 is 0 Å². The number of nitrogens with one attached hydrogen (secondary N) is 1. The van der Waals surface area contributed by atoms with E-state index >= 15 is 0 Å². The summed E-state index contributed by atoms with van der Waals surface area (Å²) in [6.07, 6.45) is -5.62. The number of nitrogens with zero attached hydrogens (tertiary/aromatic N) is 2. The lowest BCUT2D eigenvalue weighted by Gasteiger charge is -2.23. The summed E-state index contributed by atoms with van der Waals surface area (Å²) in [5.74, 6) is -0.414. The van der Waals surface area contributed by atoms with Gasteiger partial charge in [-0.05, 0) is 13.8 Å². The van der Waals surface area contributed by atoms with Gasteiger partial charge in [0.1, 0.15) is 17.5 Å². The summed E-state index contributed by atoms with van der Waals surface area (Å²) in [5, 5.41) is 21.8. The molecule has 3 rings (SSSR count). The number of alkyl halides is 2. The normalized spacial score (nSPS) is 16.0. The highest BCUT2D eigenvalue weighted by atomic mass is 19.3. The van der Waals surface area contributed by atoms with Gasteiger partial charge in [0.05, 0.1) is 36.1 Å². The van der Waals surface area contributed by atoms with Gasteiger partial charge >= 0.3 is 0 Å². The van der Waals surface area contributed by atoms with Crippen LogP contribution in [0.5, 0.6) is 0 Å². The molecule has 1 atom stereocenters. The van der Waals surface area contributed by atoms with E-state index in [0.29, 0.717) is 30.3 Å². The summed E-state index contributed by atoms with van der Waals surface area (Å²) in [6, 6.07) is 3.08. The van der Waals surface area contributed by atoms with Crippen molar-refractivity contribution in [1.29, 1.82) is 0 Å². The van der Waals surface area contributed by atoms with Crippen molar-refractivity contribution in [1.82, 2.24) is 9.97 Å². The average Bonchev–Trinajstić information content (AvgIpc) is 3.14. The van der Waals surface area contributed by atoms with Crippen LogP contribution in [0.2, 0.25) is 0 Å². The molecule has 2 aromatic rings. The molecule has 1 aliphatic heterocycles. The maximum absolute atomic E-state index is 14.5. The molecule has 0 aliphatic carbocycles. The van der Waals surface area contributed by atoms with Crippen LogP contribution in [0, 0.1) is 12.7 Å². The number of aromatic nitrogens is 2. The Hall–Kier alpha value is -2.27. The summed E-state index contributed by atoms with van der Waals surface area (Å²) in [6.45, 7) is 3.88. The predicted octanol–water partition coefficient (Wildman–Crippen LogP) is 2.93. The summed E-state index contributed by atoms with van der Waals surface area (Å²) >= 11 is 0. The van der Waals surface area contributed by atoms with E-state index in [4.69, 9.17) is 9.47 Å². The van der Waals surface area contributed by atoms with Gasteiger partial charge in [-0.3, -0.25) is 0 Å². The van der Waals surface area contributed by atoms with Gasteiger partial charge in [0, 0.05) is 12.0 Å². The minimum Gasteiger partial charge on any atom is -0.368 e. The molecular formula is C19H22F3N3O4. The van der Waals surface area contributed by atoms with Crippen molar-refractivity contribution in [2.45, 2.75) is 45.3 Å². The lowest BCUT2D eigenvalue weighted by molar-refractivity contribution is -0.0510. The molecule has 10 heteroatoms. The number of hydrogen-bond acceptors (Lipinski definition) is 7. The number of halogens is 3. The van der Waals surface area contributed by atoms with Crippen LogP contribution in [0.25, 0.3) is 0 Å². The minimum absolute atomic E-state index is 0.0435. The molecule has 0 amide bonds. The molecule has 7 nitrogen and oxygen atoms in total. The first-order chi connectivity index (χ1) is 13.8. The Kier molecular flexibility index (Phi) is 6.68. The highest BCUT2D eigenvalue weighted by Crippen LogP contribution is 2.34. The first-order valence-corrected chi connectivity index (χ1v) is 9.07. The molecule has 1 aliphatic rings. The second-order valence-corrected chi connectivity index (χ2v) is 6.66. The van der Waals surface area contributed by atoms with Crippen LogP contribution < -0.4 is 5.32 Å². The maximum atomic E-state index is 14.5.